The van der Waals surface area contributed by atoms with Crippen molar-refractivity contribution in [1.82, 2.24) is 0 Å². The Hall–Kier alpha value is -2.20. The van der Waals surface area contributed by atoms with Gasteiger partial charge in [0.05, 0.1) is 12.7 Å². The van der Waals surface area contributed by atoms with Gasteiger partial charge in [-0.05, 0) is 34.7 Å². The van der Waals surface area contributed by atoms with E-state index >= 15 is 0 Å². The molecule has 2 aromatic rings. The van der Waals surface area contributed by atoms with Crippen molar-refractivity contribution in [1.29, 1.82) is 0 Å². The molecule has 0 bridgehead atoms. The molecule has 1 heteroatoms. The van der Waals surface area contributed by atoms with E-state index in [1.54, 1.807) is 7.11 Å². The predicted octanol–water partition coefficient (Wildman–Crippen LogP) is 4.47. The Bertz CT molecular complexity index is 618. The van der Waals surface area contributed by atoms with Gasteiger partial charge in [0.15, 0.2) is 0 Å². The zero-order valence-electron chi connectivity index (χ0n) is 11.6. The molecule has 0 aliphatic heterocycles. The van der Waals surface area contributed by atoms with Crippen molar-refractivity contribution in [2.75, 3.05) is 7.11 Å². The zero-order chi connectivity index (χ0) is 13.8. The molecule has 0 aliphatic rings. The Morgan fingerprint density at radius 1 is 1.05 bits per heavy atom. The first kappa shape index (κ1) is 13.2. The minimum atomic E-state index is 0.520. The summed E-state index contributed by atoms with van der Waals surface area (Å²) in [6.45, 7) is 4.39. The third kappa shape index (κ3) is 2.80. The third-order valence-corrected chi connectivity index (χ3v) is 3.24. The summed E-state index contributed by atoms with van der Waals surface area (Å²) in [4.78, 5) is 0. The van der Waals surface area contributed by atoms with Crippen LogP contribution in [0.4, 0.5) is 0 Å². The maximum absolute atomic E-state index is 5.45. The summed E-state index contributed by atoms with van der Waals surface area (Å²) < 4.78 is 5.33. The first-order valence-corrected chi connectivity index (χ1v) is 6.40. The van der Waals surface area contributed by atoms with E-state index in [9.17, 15) is 0 Å². The van der Waals surface area contributed by atoms with Crippen molar-refractivity contribution >= 4 is 0 Å². The molecule has 0 heterocycles. The van der Waals surface area contributed by atoms with Crippen molar-refractivity contribution in [3.63, 3.8) is 0 Å². The fourth-order valence-corrected chi connectivity index (χ4v) is 2.07. The number of methoxy groups -OCH3 is 1. The molecule has 0 aliphatic carbocycles. The summed E-state index contributed by atoms with van der Waals surface area (Å²) in [5, 5.41) is 0. The Balaban J connectivity index is 2.48. The van der Waals surface area contributed by atoms with Crippen LogP contribution in [0, 0.1) is 12.3 Å². The fourth-order valence-electron chi connectivity index (χ4n) is 2.07. The number of terminal acetylenes is 1. The number of benzene rings is 2. The lowest BCUT2D eigenvalue weighted by molar-refractivity contribution is 0.414. The highest BCUT2D eigenvalue weighted by Gasteiger charge is 2.06. The van der Waals surface area contributed by atoms with Crippen LogP contribution in [0.25, 0.3) is 11.1 Å². The monoisotopic (exact) mass is 250 g/mol. The standard InChI is InChI=1S/C18H18O/c1-5-14-9-10-17(12-18(14)19-4)16-8-6-7-15(11-16)13(2)3/h1,6-13H,2-4H3. The predicted molar refractivity (Wildman–Crippen MR) is 80.5 cm³/mol. The van der Waals surface area contributed by atoms with Gasteiger partial charge in [0.1, 0.15) is 5.75 Å². The van der Waals surface area contributed by atoms with E-state index in [4.69, 9.17) is 11.2 Å². The van der Waals surface area contributed by atoms with Gasteiger partial charge in [0.2, 0.25) is 0 Å². The smallest absolute Gasteiger partial charge is 0.135 e. The van der Waals surface area contributed by atoms with Gasteiger partial charge in [0, 0.05) is 0 Å². The van der Waals surface area contributed by atoms with Gasteiger partial charge < -0.3 is 4.74 Å². The van der Waals surface area contributed by atoms with Crippen molar-refractivity contribution in [2.45, 2.75) is 19.8 Å². The maximum Gasteiger partial charge on any atom is 0.135 e. The van der Waals surface area contributed by atoms with Crippen LogP contribution in [0.5, 0.6) is 5.75 Å². The maximum atomic E-state index is 5.45. The Morgan fingerprint density at radius 3 is 2.42 bits per heavy atom. The average molecular weight is 250 g/mol. The molecule has 0 fully saturated rings. The Kier molecular flexibility index (Phi) is 3.92. The highest BCUT2D eigenvalue weighted by molar-refractivity contribution is 5.68. The van der Waals surface area contributed by atoms with Gasteiger partial charge in [-0.3, -0.25) is 0 Å². The number of ether oxygens (including phenoxy) is 1. The second-order valence-electron chi connectivity index (χ2n) is 4.84. The summed E-state index contributed by atoms with van der Waals surface area (Å²) in [5.41, 5.74) is 4.43. The molecule has 96 valence electrons. The van der Waals surface area contributed by atoms with Gasteiger partial charge in [-0.2, -0.15) is 0 Å². The minimum absolute atomic E-state index is 0.520. The van der Waals surface area contributed by atoms with Crippen molar-refractivity contribution in [2.24, 2.45) is 0 Å². The zero-order valence-corrected chi connectivity index (χ0v) is 11.6. The molecule has 0 N–H and O–H groups in total. The van der Waals surface area contributed by atoms with E-state index < -0.39 is 0 Å². The van der Waals surface area contributed by atoms with Crippen LogP contribution in [-0.4, -0.2) is 7.11 Å². The van der Waals surface area contributed by atoms with E-state index in [1.165, 1.54) is 11.1 Å². The summed E-state index contributed by atoms with van der Waals surface area (Å²) in [7, 11) is 1.64. The van der Waals surface area contributed by atoms with Crippen LogP contribution in [-0.2, 0) is 0 Å². The van der Waals surface area contributed by atoms with Crippen LogP contribution in [0.1, 0.15) is 30.9 Å². The molecule has 0 aromatic heterocycles. The second kappa shape index (κ2) is 5.63. The molecule has 0 spiro atoms. The van der Waals surface area contributed by atoms with Crippen LogP contribution in [0.3, 0.4) is 0 Å². The first-order valence-electron chi connectivity index (χ1n) is 6.40. The molecule has 2 aromatic carbocycles. The Labute approximate surface area is 115 Å². The first-order chi connectivity index (χ1) is 9.15. The molecule has 1 nitrogen and oxygen atoms in total. The molecule has 2 rings (SSSR count). The molecule has 19 heavy (non-hydrogen) atoms. The molecule has 0 amide bonds. The molecule has 0 saturated heterocycles. The van der Waals surface area contributed by atoms with E-state index in [0.29, 0.717) is 5.92 Å². The van der Waals surface area contributed by atoms with Gasteiger partial charge in [0.25, 0.3) is 0 Å². The molecule has 0 atom stereocenters. The van der Waals surface area contributed by atoms with Crippen LogP contribution < -0.4 is 4.74 Å². The quantitative estimate of drug-likeness (QED) is 0.730. The van der Waals surface area contributed by atoms with Gasteiger partial charge >= 0.3 is 0 Å². The summed E-state index contributed by atoms with van der Waals surface area (Å²) in [5.74, 6) is 3.90. The van der Waals surface area contributed by atoms with E-state index in [2.05, 4.69) is 44.0 Å². The lowest BCUT2D eigenvalue weighted by atomic mass is 9.97. The molecule has 0 saturated carbocycles. The fraction of sp³-hybridized carbons (Fsp3) is 0.222. The normalized spacial score (nSPS) is 10.3. The Morgan fingerprint density at radius 2 is 1.79 bits per heavy atom. The van der Waals surface area contributed by atoms with Crippen molar-refractivity contribution in [3.8, 4) is 29.2 Å². The van der Waals surface area contributed by atoms with Crippen LogP contribution in [0.15, 0.2) is 42.5 Å². The SMILES string of the molecule is C#Cc1ccc(-c2cccc(C(C)C)c2)cc1OC. The highest BCUT2D eigenvalue weighted by Crippen LogP contribution is 2.28. The largest absolute Gasteiger partial charge is 0.495 e. The van der Waals surface area contributed by atoms with Gasteiger partial charge in [-0.15, -0.1) is 6.42 Å². The number of hydrogen-bond acceptors (Lipinski definition) is 1. The lowest BCUT2D eigenvalue weighted by Crippen LogP contribution is -1.90. The summed E-state index contributed by atoms with van der Waals surface area (Å²) in [6.07, 6.45) is 5.45. The lowest BCUT2D eigenvalue weighted by Gasteiger charge is -2.10. The van der Waals surface area contributed by atoms with Gasteiger partial charge in [-0.1, -0.05) is 50.1 Å². The highest BCUT2D eigenvalue weighted by atomic mass is 16.5. The second-order valence-corrected chi connectivity index (χ2v) is 4.84. The average Bonchev–Trinajstić information content (AvgIpc) is 2.46. The summed E-state index contributed by atoms with van der Waals surface area (Å²) >= 11 is 0. The van der Waals surface area contributed by atoms with Crippen LogP contribution >= 0.6 is 0 Å². The minimum Gasteiger partial charge on any atom is -0.495 e. The van der Waals surface area contributed by atoms with E-state index in [0.717, 1.165) is 16.9 Å². The molecule has 0 radical (unpaired) electrons. The number of rotatable bonds is 3. The van der Waals surface area contributed by atoms with Crippen molar-refractivity contribution in [3.05, 3.63) is 53.6 Å². The topological polar surface area (TPSA) is 9.23 Å². The molecular formula is C18H18O. The molecule has 0 unspecified atom stereocenters. The van der Waals surface area contributed by atoms with Crippen LogP contribution in [0.2, 0.25) is 0 Å². The van der Waals surface area contributed by atoms with Gasteiger partial charge in [-0.25, -0.2) is 0 Å². The third-order valence-electron chi connectivity index (χ3n) is 3.24. The number of hydrogen-bond donors (Lipinski definition) is 0. The van der Waals surface area contributed by atoms with Crippen molar-refractivity contribution < 1.29 is 4.74 Å². The van der Waals surface area contributed by atoms with E-state index in [-0.39, 0.29) is 0 Å². The van der Waals surface area contributed by atoms with E-state index in [1.807, 2.05) is 18.2 Å². The summed E-state index contributed by atoms with van der Waals surface area (Å²) in [6, 6.07) is 14.5. The molecular weight excluding hydrogens is 232 g/mol.